The Hall–Kier alpha value is -4.43. The number of amides is 2. The molecule has 0 saturated carbocycles. The molecule has 7 nitrogen and oxygen atoms in total. The van der Waals surface area contributed by atoms with E-state index in [0.29, 0.717) is 58.2 Å². The third-order valence-electron chi connectivity index (χ3n) is 8.73. The van der Waals surface area contributed by atoms with Gasteiger partial charge in [0, 0.05) is 21.0 Å². The zero-order valence-electron chi connectivity index (χ0n) is 25.3. The number of esters is 1. The van der Waals surface area contributed by atoms with Crippen LogP contribution in [0.4, 0.5) is 5.69 Å². The van der Waals surface area contributed by atoms with E-state index < -0.39 is 12.1 Å². The van der Waals surface area contributed by atoms with Crippen LogP contribution in [-0.2, 0) is 14.3 Å². The van der Waals surface area contributed by atoms with Crippen molar-refractivity contribution in [3.05, 3.63) is 106 Å². The van der Waals surface area contributed by atoms with Crippen molar-refractivity contribution in [3.63, 3.8) is 0 Å². The van der Waals surface area contributed by atoms with Crippen molar-refractivity contribution in [3.8, 4) is 11.3 Å². The van der Waals surface area contributed by atoms with Crippen LogP contribution in [-0.4, -0.2) is 34.7 Å². The molecule has 2 aliphatic rings. The third-order valence-corrected chi connectivity index (χ3v) is 9.19. The van der Waals surface area contributed by atoms with Gasteiger partial charge in [-0.2, -0.15) is 0 Å². The van der Waals surface area contributed by atoms with Crippen LogP contribution in [0.15, 0.2) is 89.4 Å². The van der Waals surface area contributed by atoms with Gasteiger partial charge < -0.3 is 4.74 Å². The highest BCUT2D eigenvalue weighted by atomic mass is 79.9. The predicted molar refractivity (Wildman–Crippen MR) is 177 cm³/mol. The maximum absolute atomic E-state index is 13.8. The number of anilines is 1. The Kier molecular flexibility index (Phi) is 8.51. The second-order valence-corrected chi connectivity index (χ2v) is 12.7. The molecule has 4 aromatic rings. The van der Waals surface area contributed by atoms with Gasteiger partial charge in [0.2, 0.25) is 17.6 Å². The smallest absolute Gasteiger partial charge is 0.339 e. The molecule has 2 amide bonds. The number of hydrogen-bond acceptors (Lipinski definition) is 6. The number of carbonyl (C=O) groups excluding carboxylic acids is 4. The first-order chi connectivity index (χ1) is 21.7. The first-order valence-corrected chi connectivity index (χ1v) is 16.0. The number of aromatic nitrogens is 1. The van der Waals surface area contributed by atoms with Crippen LogP contribution in [0.1, 0.15) is 59.4 Å². The summed E-state index contributed by atoms with van der Waals surface area (Å²) in [7, 11) is 0. The topological polar surface area (TPSA) is 93.6 Å². The highest BCUT2D eigenvalue weighted by Crippen LogP contribution is 2.41. The molecule has 1 aliphatic heterocycles. The van der Waals surface area contributed by atoms with Crippen LogP contribution in [0.2, 0.25) is 0 Å². The number of hydrogen-bond donors (Lipinski definition) is 0. The summed E-state index contributed by atoms with van der Waals surface area (Å²) in [6.07, 6.45) is 4.69. The Morgan fingerprint density at radius 2 is 1.76 bits per heavy atom. The van der Waals surface area contributed by atoms with Crippen LogP contribution < -0.4 is 4.90 Å². The summed E-state index contributed by atoms with van der Waals surface area (Å²) in [6, 6.07) is 21.4. The molecular formula is C37H33BrN2O5. The van der Waals surface area contributed by atoms with E-state index in [4.69, 9.17) is 9.72 Å². The third kappa shape index (κ3) is 5.75. The van der Waals surface area contributed by atoms with Gasteiger partial charge in [-0.25, -0.2) is 9.78 Å². The molecule has 2 heterocycles. The quantitative estimate of drug-likeness (QED) is 0.0823. The number of pyridine rings is 1. The average Bonchev–Trinajstić information content (AvgIpc) is 3.30. The van der Waals surface area contributed by atoms with Crippen molar-refractivity contribution in [2.45, 2.75) is 46.1 Å². The van der Waals surface area contributed by atoms with Crippen molar-refractivity contribution in [1.82, 2.24) is 4.98 Å². The molecule has 0 radical (unpaired) electrons. The van der Waals surface area contributed by atoms with E-state index in [1.807, 2.05) is 51.1 Å². The molecule has 4 atom stereocenters. The molecule has 1 saturated heterocycles. The van der Waals surface area contributed by atoms with Crippen LogP contribution in [0.3, 0.4) is 0 Å². The van der Waals surface area contributed by atoms with Crippen molar-refractivity contribution in [1.29, 1.82) is 0 Å². The molecule has 1 fully saturated rings. The summed E-state index contributed by atoms with van der Waals surface area (Å²) in [5, 5.41) is 0.605. The number of ketones is 1. The number of halogens is 1. The number of carbonyl (C=O) groups is 4. The molecule has 1 aliphatic carbocycles. The van der Waals surface area contributed by atoms with Gasteiger partial charge >= 0.3 is 5.97 Å². The average molecular weight is 666 g/mol. The van der Waals surface area contributed by atoms with Crippen LogP contribution in [0, 0.1) is 24.7 Å². The molecule has 3 aromatic carbocycles. The summed E-state index contributed by atoms with van der Waals surface area (Å²) in [4.78, 5) is 59.9. The largest absolute Gasteiger partial charge is 0.450 e. The number of Topliss-reactive ketones (excluding diaryl/α,β-unsaturated/α-hetero) is 1. The van der Waals surface area contributed by atoms with Crippen LogP contribution in [0.25, 0.3) is 22.2 Å². The van der Waals surface area contributed by atoms with Gasteiger partial charge in [0.15, 0.2) is 6.10 Å². The number of ether oxygens (including phenoxy) is 1. The van der Waals surface area contributed by atoms with E-state index in [1.54, 1.807) is 54.6 Å². The Labute approximate surface area is 270 Å². The first kappa shape index (κ1) is 30.6. The lowest BCUT2D eigenvalue weighted by atomic mass is 9.78. The molecule has 6 rings (SSSR count). The number of aryl methyl sites for hydroxylation is 1. The molecule has 0 N–H and O–H groups in total. The lowest BCUT2D eigenvalue weighted by Gasteiger charge is -2.22. The Morgan fingerprint density at radius 3 is 2.44 bits per heavy atom. The fourth-order valence-electron chi connectivity index (χ4n) is 6.44. The van der Waals surface area contributed by atoms with Gasteiger partial charge in [0.1, 0.15) is 0 Å². The van der Waals surface area contributed by atoms with Gasteiger partial charge in [-0.05, 0) is 61.6 Å². The molecule has 0 bridgehead atoms. The van der Waals surface area contributed by atoms with E-state index in [9.17, 15) is 19.2 Å². The Morgan fingerprint density at radius 1 is 1.02 bits per heavy atom. The van der Waals surface area contributed by atoms with E-state index in [0.717, 1.165) is 10.0 Å². The van der Waals surface area contributed by atoms with Crippen LogP contribution >= 0.6 is 15.9 Å². The highest BCUT2D eigenvalue weighted by molar-refractivity contribution is 9.10. The Bertz CT molecular complexity index is 1850. The number of nitrogens with zero attached hydrogens (tertiary/aromatic N) is 2. The van der Waals surface area contributed by atoms with E-state index in [-0.39, 0.29) is 35.4 Å². The minimum absolute atomic E-state index is 0.00707. The molecule has 0 spiro atoms. The van der Waals surface area contributed by atoms with E-state index in [1.165, 1.54) is 4.90 Å². The second-order valence-electron chi connectivity index (χ2n) is 11.8. The van der Waals surface area contributed by atoms with Crippen LogP contribution in [0.5, 0.6) is 0 Å². The summed E-state index contributed by atoms with van der Waals surface area (Å²) in [5.41, 5.74) is 4.01. The van der Waals surface area contributed by atoms with Gasteiger partial charge in [-0.3, -0.25) is 19.3 Å². The number of fused-ring (bicyclic) bond motifs is 2. The number of allylic oxidation sites excluding steroid dienone is 2. The summed E-state index contributed by atoms with van der Waals surface area (Å²) in [5.74, 6) is -1.86. The maximum Gasteiger partial charge on any atom is 0.339 e. The van der Waals surface area contributed by atoms with Gasteiger partial charge in [0.25, 0.3) is 0 Å². The molecule has 45 heavy (non-hydrogen) atoms. The van der Waals surface area contributed by atoms with Crippen molar-refractivity contribution in [2.24, 2.45) is 17.8 Å². The summed E-state index contributed by atoms with van der Waals surface area (Å²) < 4.78 is 6.71. The molecule has 228 valence electrons. The number of benzene rings is 3. The van der Waals surface area contributed by atoms with Gasteiger partial charge in [0.05, 0.1) is 34.3 Å². The monoisotopic (exact) mass is 664 g/mol. The predicted octanol–water partition coefficient (Wildman–Crippen LogP) is 7.88. The maximum atomic E-state index is 13.8. The zero-order valence-corrected chi connectivity index (χ0v) is 26.9. The molecule has 4 unspecified atom stereocenters. The fraction of sp³-hybridized carbons (Fsp3) is 0.270. The minimum Gasteiger partial charge on any atom is -0.450 e. The SMILES string of the molecule is CCCC(OC(=O)c1cc(-c2ccc(N3C(=O)C4CC=CC(C)C4C3=O)cc2)nc2c(C)cc(Br)cc12)C(=O)c1ccccc1. The lowest BCUT2D eigenvalue weighted by Crippen LogP contribution is -2.31. The highest BCUT2D eigenvalue weighted by Gasteiger charge is 2.50. The summed E-state index contributed by atoms with van der Waals surface area (Å²) >= 11 is 3.54. The zero-order chi connectivity index (χ0) is 31.8. The van der Waals surface area contributed by atoms with E-state index in [2.05, 4.69) is 15.9 Å². The number of imide groups is 1. The fourth-order valence-corrected chi connectivity index (χ4v) is 7.02. The lowest BCUT2D eigenvalue weighted by molar-refractivity contribution is -0.122. The van der Waals surface area contributed by atoms with Gasteiger partial charge in [-0.1, -0.05) is 90.8 Å². The second kappa shape index (κ2) is 12.5. The molecular weight excluding hydrogens is 632 g/mol. The first-order valence-electron chi connectivity index (χ1n) is 15.2. The van der Waals surface area contributed by atoms with E-state index >= 15 is 0 Å². The van der Waals surface area contributed by atoms with Crippen molar-refractivity contribution >= 4 is 56.1 Å². The van der Waals surface area contributed by atoms with Crippen molar-refractivity contribution in [2.75, 3.05) is 4.90 Å². The summed E-state index contributed by atoms with van der Waals surface area (Å²) in [6.45, 7) is 5.83. The van der Waals surface area contributed by atoms with Crippen molar-refractivity contribution < 1.29 is 23.9 Å². The standard InChI is InChI=1S/C37H33BrN2O5/c1-4-9-31(34(41)24-11-6-5-7-12-24)45-37(44)29-20-30(39-33-22(3)18-25(38)19-28(29)33)23-14-16-26(17-15-23)40-35(42)27-13-8-10-21(2)32(27)36(40)43/h5-8,10-12,14-21,27,31-32H,4,9,13H2,1-3H3. The number of rotatable bonds is 8. The normalized spacial score (nSPS) is 19.9. The molecule has 8 heteroatoms. The Balaban J connectivity index is 1.35. The molecule has 1 aromatic heterocycles. The van der Waals surface area contributed by atoms with Gasteiger partial charge in [-0.15, -0.1) is 0 Å². The minimum atomic E-state index is -0.929.